The smallest absolute Gasteiger partial charge is 0.0685 e. The van der Waals surface area contributed by atoms with Crippen LogP contribution >= 0.6 is 0 Å². The Labute approximate surface area is 89.6 Å². The van der Waals surface area contributed by atoms with Gasteiger partial charge in [0.1, 0.15) is 0 Å². The van der Waals surface area contributed by atoms with Crippen LogP contribution in [0.1, 0.15) is 59.3 Å². The zero-order valence-electron chi connectivity index (χ0n) is 10.2. The Bertz CT molecular complexity index is 106. The van der Waals surface area contributed by atoms with Crippen LogP contribution in [0.2, 0.25) is 0 Å². The van der Waals surface area contributed by atoms with Gasteiger partial charge in [-0.25, -0.2) is 0 Å². The lowest BCUT2D eigenvalue weighted by molar-refractivity contribution is -0.157. The molecule has 0 rings (SSSR count). The maximum absolute atomic E-state index is 5.65. The van der Waals surface area contributed by atoms with Crippen molar-refractivity contribution in [2.45, 2.75) is 59.3 Å². The highest BCUT2D eigenvalue weighted by atomic mass is 16.7. The predicted octanol–water partition coefficient (Wildman–Crippen LogP) is 3.62. The minimum atomic E-state index is 0.887. The van der Waals surface area contributed by atoms with Crippen LogP contribution < -0.4 is 0 Å². The third-order valence-electron chi connectivity index (χ3n) is 2.39. The molecule has 0 saturated heterocycles. The molecule has 0 aliphatic heterocycles. The van der Waals surface area contributed by atoms with Gasteiger partial charge < -0.3 is 0 Å². The SMILES string of the molecule is CCCCCCN(CC)OCCCC. The molecule has 0 amide bonds. The standard InChI is InChI=1S/C12H27NO/c1-4-7-9-10-11-13(6-3)14-12-8-5-2/h4-12H2,1-3H3. The molecule has 0 aliphatic rings. The summed E-state index contributed by atoms with van der Waals surface area (Å²) in [6.45, 7) is 9.59. The van der Waals surface area contributed by atoms with E-state index in [4.69, 9.17) is 4.84 Å². The molecule has 0 radical (unpaired) electrons. The zero-order chi connectivity index (χ0) is 10.6. The first kappa shape index (κ1) is 13.9. The summed E-state index contributed by atoms with van der Waals surface area (Å²) in [6, 6.07) is 0. The largest absolute Gasteiger partial charge is 0.299 e. The van der Waals surface area contributed by atoms with Gasteiger partial charge in [-0.3, -0.25) is 4.84 Å². The summed E-state index contributed by atoms with van der Waals surface area (Å²) in [7, 11) is 0. The van der Waals surface area contributed by atoms with Crippen LogP contribution in [-0.2, 0) is 4.84 Å². The van der Waals surface area contributed by atoms with Gasteiger partial charge in [0.15, 0.2) is 0 Å². The molecule has 2 nitrogen and oxygen atoms in total. The van der Waals surface area contributed by atoms with Crippen molar-refractivity contribution in [2.24, 2.45) is 0 Å². The van der Waals surface area contributed by atoms with E-state index in [1.807, 2.05) is 0 Å². The van der Waals surface area contributed by atoms with Crippen molar-refractivity contribution in [1.29, 1.82) is 0 Å². The van der Waals surface area contributed by atoms with E-state index in [9.17, 15) is 0 Å². The Kier molecular flexibility index (Phi) is 10.9. The van der Waals surface area contributed by atoms with E-state index in [2.05, 4.69) is 25.8 Å². The van der Waals surface area contributed by atoms with Crippen molar-refractivity contribution in [3.05, 3.63) is 0 Å². The van der Waals surface area contributed by atoms with Gasteiger partial charge in [0, 0.05) is 13.1 Å². The number of hydrogen-bond acceptors (Lipinski definition) is 2. The van der Waals surface area contributed by atoms with E-state index in [0.29, 0.717) is 0 Å². The van der Waals surface area contributed by atoms with Gasteiger partial charge >= 0.3 is 0 Å². The van der Waals surface area contributed by atoms with Gasteiger partial charge in [0.25, 0.3) is 0 Å². The van der Waals surface area contributed by atoms with Crippen molar-refractivity contribution in [3.8, 4) is 0 Å². The molecule has 0 N–H and O–H groups in total. The molecule has 0 fully saturated rings. The van der Waals surface area contributed by atoms with Crippen molar-refractivity contribution in [1.82, 2.24) is 5.06 Å². The van der Waals surface area contributed by atoms with E-state index in [0.717, 1.165) is 19.7 Å². The van der Waals surface area contributed by atoms with Crippen LogP contribution in [0.25, 0.3) is 0 Å². The van der Waals surface area contributed by atoms with Crippen molar-refractivity contribution in [2.75, 3.05) is 19.7 Å². The van der Waals surface area contributed by atoms with Crippen LogP contribution in [0.5, 0.6) is 0 Å². The topological polar surface area (TPSA) is 12.5 Å². The second-order valence-corrected chi connectivity index (χ2v) is 3.77. The molecule has 86 valence electrons. The molecule has 0 aromatic carbocycles. The van der Waals surface area contributed by atoms with Gasteiger partial charge in [-0.2, -0.15) is 5.06 Å². The summed E-state index contributed by atoms with van der Waals surface area (Å²) >= 11 is 0. The molecule has 0 bridgehead atoms. The van der Waals surface area contributed by atoms with E-state index in [1.54, 1.807) is 0 Å². The quantitative estimate of drug-likeness (QED) is 0.395. The fraction of sp³-hybridized carbons (Fsp3) is 1.00. The third kappa shape index (κ3) is 8.52. The molecule has 0 heterocycles. The molecule has 0 aliphatic carbocycles. The maximum Gasteiger partial charge on any atom is 0.0685 e. The normalized spacial score (nSPS) is 11.1. The molecule has 0 atom stereocenters. The lowest BCUT2D eigenvalue weighted by Gasteiger charge is -2.19. The van der Waals surface area contributed by atoms with Gasteiger partial charge in [0.05, 0.1) is 6.61 Å². The average molecular weight is 201 g/mol. The Morgan fingerprint density at radius 3 is 2.14 bits per heavy atom. The summed E-state index contributed by atoms with van der Waals surface area (Å²) < 4.78 is 0. The number of unbranched alkanes of at least 4 members (excludes halogenated alkanes) is 4. The first-order chi connectivity index (χ1) is 6.85. The maximum atomic E-state index is 5.65. The van der Waals surface area contributed by atoms with Gasteiger partial charge in [-0.15, -0.1) is 0 Å². The van der Waals surface area contributed by atoms with Crippen LogP contribution in [-0.4, -0.2) is 24.8 Å². The Hall–Kier alpha value is -0.0800. The van der Waals surface area contributed by atoms with Gasteiger partial charge in [-0.1, -0.05) is 46.5 Å². The second kappa shape index (κ2) is 11.0. The minimum absolute atomic E-state index is 0.887. The average Bonchev–Trinajstić information content (AvgIpc) is 2.22. The lowest BCUT2D eigenvalue weighted by atomic mass is 10.2. The number of nitrogens with zero attached hydrogens (tertiary/aromatic N) is 1. The molecule has 2 heteroatoms. The van der Waals surface area contributed by atoms with E-state index in [-0.39, 0.29) is 0 Å². The van der Waals surface area contributed by atoms with Crippen LogP contribution in [0.3, 0.4) is 0 Å². The van der Waals surface area contributed by atoms with E-state index in [1.165, 1.54) is 38.5 Å². The van der Waals surface area contributed by atoms with Crippen molar-refractivity contribution >= 4 is 0 Å². The lowest BCUT2D eigenvalue weighted by Crippen LogP contribution is -2.25. The highest BCUT2D eigenvalue weighted by Crippen LogP contribution is 2.02. The van der Waals surface area contributed by atoms with Crippen LogP contribution in [0.15, 0.2) is 0 Å². The molecular formula is C12H27NO. The zero-order valence-corrected chi connectivity index (χ0v) is 10.2. The second-order valence-electron chi connectivity index (χ2n) is 3.77. The first-order valence-corrected chi connectivity index (χ1v) is 6.23. The minimum Gasteiger partial charge on any atom is -0.299 e. The molecular weight excluding hydrogens is 174 g/mol. The van der Waals surface area contributed by atoms with Crippen LogP contribution in [0, 0.1) is 0 Å². The monoisotopic (exact) mass is 201 g/mol. The highest BCUT2D eigenvalue weighted by molar-refractivity contribution is 4.46. The highest BCUT2D eigenvalue weighted by Gasteiger charge is 2.01. The van der Waals surface area contributed by atoms with E-state index >= 15 is 0 Å². The summed E-state index contributed by atoms with van der Waals surface area (Å²) in [6.07, 6.45) is 7.66. The molecule has 0 aromatic rings. The van der Waals surface area contributed by atoms with E-state index < -0.39 is 0 Å². The number of hydrogen-bond donors (Lipinski definition) is 0. The number of hydroxylamine groups is 2. The molecule has 0 saturated carbocycles. The Morgan fingerprint density at radius 1 is 0.857 bits per heavy atom. The van der Waals surface area contributed by atoms with Gasteiger partial charge in [0.2, 0.25) is 0 Å². The summed E-state index contributed by atoms with van der Waals surface area (Å²) in [5.41, 5.74) is 0. The van der Waals surface area contributed by atoms with Crippen molar-refractivity contribution in [3.63, 3.8) is 0 Å². The van der Waals surface area contributed by atoms with Crippen molar-refractivity contribution < 1.29 is 4.84 Å². The van der Waals surface area contributed by atoms with Gasteiger partial charge in [-0.05, 0) is 12.8 Å². The predicted molar refractivity (Wildman–Crippen MR) is 62.2 cm³/mol. The molecule has 0 aromatic heterocycles. The summed E-state index contributed by atoms with van der Waals surface area (Å²) in [4.78, 5) is 5.65. The first-order valence-electron chi connectivity index (χ1n) is 6.23. The number of rotatable bonds is 10. The fourth-order valence-electron chi connectivity index (χ4n) is 1.37. The molecule has 0 spiro atoms. The summed E-state index contributed by atoms with van der Waals surface area (Å²) in [5, 5.41) is 2.10. The Morgan fingerprint density at radius 2 is 1.57 bits per heavy atom. The molecule has 0 unspecified atom stereocenters. The van der Waals surface area contributed by atoms with Crippen LogP contribution in [0.4, 0.5) is 0 Å². The Balaban J connectivity index is 3.28. The molecule has 14 heavy (non-hydrogen) atoms. The fourth-order valence-corrected chi connectivity index (χ4v) is 1.37. The summed E-state index contributed by atoms with van der Waals surface area (Å²) in [5.74, 6) is 0. The third-order valence-corrected chi connectivity index (χ3v) is 2.39.